The number of aliphatic hydroxyl groups is 2. The summed E-state index contributed by atoms with van der Waals surface area (Å²) in [5.41, 5.74) is -0.0579. The number of aliphatic hydroxyl groups excluding tert-OH is 2. The van der Waals surface area contributed by atoms with Crippen molar-refractivity contribution in [2.75, 3.05) is 6.61 Å². The van der Waals surface area contributed by atoms with Crippen molar-refractivity contribution >= 4 is 12.1 Å². The zero-order chi connectivity index (χ0) is 22.1. The lowest BCUT2D eigenvalue weighted by Crippen LogP contribution is -2.67. The van der Waals surface area contributed by atoms with E-state index in [-0.39, 0.29) is 40.5 Å². The van der Waals surface area contributed by atoms with Gasteiger partial charge < -0.3 is 15.0 Å². The van der Waals surface area contributed by atoms with Gasteiger partial charge in [-0.1, -0.05) is 40.2 Å². The third-order valence-corrected chi connectivity index (χ3v) is 10.7. The van der Waals surface area contributed by atoms with Crippen molar-refractivity contribution in [1.82, 2.24) is 0 Å². The number of carbonyl (C=O) groups is 2. The van der Waals surface area contributed by atoms with E-state index in [1.54, 1.807) is 0 Å². The number of carbonyl (C=O) groups excluding carboxylic acids is 2. The minimum absolute atomic E-state index is 0.0549. The van der Waals surface area contributed by atoms with E-state index in [0.29, 0.717) is 17.9 Å². The van der Waals surface area contributed by atoms with Gasteiger partial charge >= 0.3 is 0 Å². The van der Waals surface area contributed by atoms with Crippen molar-refractivity contribution in [2.45, 2.75) is 85.7 Å². The monoisotopic (exact) mass is 416 g/mol. The Balaban J connectivity index is 1.83. The van der Waals surface area contributed by atoms with Gasteiger partial charge in [0.05, 0.1) is 12.0 Å². The van der Waals surface area contributed by atoms with Crippen LogP contribution in [-0.4, -0.2) is 35.0 Å². The summed E-state index contributed by atoms with van der Waals surface area (Å²) in [5.74, 6) is 0.225. The average Bonchev–Trinajstić information content (AvgIpc) is 2.68. The molecule has 0 heterocycles. The van der Waals surface area contributed by atoms with Crippen LogP contribution in [0.15, 0.2) is 11.6 Å². The van der Waals surface area contributed by atoms with Gasteiger partial charge in [-0.25, -0.2) is 0 Å². The van der Waals surface area contributed by atoms with Crippen molar-refractivity contribution in [3.8, 4) is 0 Å². The zero-order valence-electron chi connectivity index (χ0n) is 19.4. The molecule has 0 bridgehead atoms. The summed E-state index contributed by atoms with van der Waals surface area (Å²) >= 11 is 0. The molecule has 30 heavy (non-hydrogen) atoms. The summed E-state index contributed by atoms with van der Waals surface area (Å²) in [6.07, 6.45) is 9.10. The van der Waals surface area contributed by atoms with E-state index in [2.05, 4.69) is 20.8 Å². The molecular formula is C26H40O4. The van der Waals surface area contributed by atoms with Crippen LogP contribution in [0.25, 0.3) is 0 Å². The number of fused-ring (bicyclic) bond motifs is 5. The molecule has 0 spiro atoms. The molecule has 0 unspecified atom stereocenters. The number of rotatable bonds is 3. The van der Waals surface area contributed by atoms with Crippen LogP contribution in [0, 0.1) is 45.3 Å². The topological polar surface area (TPSA) is 74.6 Å². The maximum atomic E-state index is 12.3. The van der Waals surface area contributed by atoms with Gasteiger partial charge in [0.15, 0.2) is 5.78 Å². The van der Waals surface area contributed by atoms with Crippen LogP contribution in [0.3, 0.4) is 0 Å². The molecule has 4 rings (SSSR count). The Morgan fingerprint density at radius 1 is 1.13 bits per heavy atom. The Labute approximate surface area is 181 Å². The minimum atomic E-state index is -0.647. The second-order valence-corrected chi connectivity index (χ2v) is 12.1. The largest absolute Gasteiger partial charge is 0.396 e. The fraction of sp³-hybridized carbons (Fsp3) is 0.846. The van der Waals surface area contributed by atoms with Gasteiger partial charge in [0.2, 0.25) is 0 Å². The van der Waals surface area contributed by atoms with Gasteiger partial charge in [0, 0.05) is 23.0 Å². The maximum Gasteiger partial charge on any atom is 0.156 e. The van der Waals surface area contributed by atoms with Crippen molar-refractivity contribution in [2.24, 2.45) is 45.3 Å². The van der Waals surface area contributed by atoms with E-state index in [0.717, 1.165) is 38.4 Å². The number of ketones is 1. The molecule has 0 aromatic rings. The molecule has 4 aliphatic rings. The number of Topliss-reactive ketones (excluding diaryl/α,β-unsaturated/α-hetero) is 1. The Morgan fingerprint density at radius 2 is 1.83 bits per heavy atom. The summed E-state index contributed by atoms with van der Waals surface area (Å²) in [7, 11) is 0. The molecule has 0 amide bonds. The lowest BCUT2D eigenvalue weighted by atomic mass is 9.34. The number of hydrogen-bond donors (Lipinski definition) is 2. The highest BCUT2D eigenvalue weighted by molar-refractivity contribution is 5.97. The first kappa shape index (κ1) is 22.2. The van der Waals surface area contributed by atoms with Gasteiger partial charge in [-0.15, -0.1) is 0 Å². The van der Waals surface area contributed by atoms with E-state index in [1.807, 2.05) is 13.0 Å². The molecule has 2 N–H and O–H groups in total. The van der Waals surface area contributed by atoms with E-state index in [1.165, 1.54) is 13.3 Å². The summed E-state index contributed by atoms with van der Waals surface area (Å²) in [5, 5.41) is 22.4. The van der Waals surface area contributed by atoms with Gasteiger partial charge in [0.1, 0.15) is 6.29 Å². The first-order valence-electron chi connectivity index (χ1n) is 11.9. The predicted molar refractivity (Wildman–Crippen MR) is 117 cm³/mol. The van der Waals surface area contributed by atoms with E-state index in [9.17, 15) is 19.8 Å². The van der Waals surface area contributed by atoms with E-state index >= 15 is 0 Å². The van der Waals surface area contributed by atoms with Gasteiger partial charge in [-0.2, -0.15) is 0 Å². The van der Waals surface area contributed by atoms with Crippen molar-refractivity contribution in [1.29, 1.82) is 0 Å². The minimum Gasteiger partial charge on any atom is -0.396 e. The Morgan fingerprint density at radius 3 is 2.43 bits per heavy atom. The second kappa shape index (κ2) is 7.00. The summed E-state index contributed by atoms with van der Waals surface area (Å²) in [6, 6.07) is 0. The Bertz CT molecular complexity index is 769. The second-order valence-electron chi connectivity index (χ2n) is 12.1. The highest BCUT2D eigenvalue weighted by Crippen LogP contribution is 2.72. The normalized spacial score (nSPS) is 49.8. The van der Waals surface area contributed by atoms with Crippen LogP contribution < -0.4 is 0 Å². The lowest BCUT2D eigenvalue weighted by Gasteiger charge is -2.70. The van der Waals surface area contributed by atoms with Crippen LogP contribution in [0.1, 0.15) is 79.6 Å². The number of allylic oxidation sites excluding steroid dienone is 2. The van der Waals surface area contributed by atoms with Gasteiger partial charge in [-0.05, 0) is 74.0 Å². The Hall–Kier alpha value is -1.00. The van der Waals surface area contributed by atoms with Crippen LogP contribution in [0.2, 0.25) is 0 Å². The molecule has 4 nitrogen and oxygen atoms in total. The average molecular weight is 417 g/mol. The molecule has 3 saturated carbocycles. The van der Waals surface area contributed by atoms with Crippen molar-refractivity contribution in [3.63, 3.8) is 0 Å². The van der Waals surface area contributed by atoms with Crippen molar-refractivity contribution in [3.05, 3.63) is 11.6 Å². The van der Waals surface area contributed by atoms with Crippen molar-refractivity contribution < 1.29 is 19.8 Å². The first-order chi connectivity index (χ1) is 14.0. The number of hydrogen-bond acceptors (Lipinski definition) is 4. The molecule has 168 valence electrons. The van der Waals surface area contributed by atoms with Crippen LogP contribution in [0.4, 0.5) is 0 Å². The number of aldehydes is 1. The van der Waals surface area contributed by atoms with E-state index in [4.69, 9.17) is 0 Å². The predicted octanol–water partition coefficient (Wildman–Crippen LogP) is 4.33. The fourth-order valence-corrected chi connectivity index (χ4v) is 9.26. The van der Waals surface area contributed by atoms with Crippen LogP contribution >= 0.6 is 0 Å². The molecule has 8 atom stereocenters. The molecule has 0 aromatic heterocycles. The molecule has 0 radical (unpaired) electrons. The fourth-order valence-electron chi connectivity index (χ4n) is 9.26. The zero-order valence-corrected chi connectivity index (χ0v) is 19.4. The molecule has 0 aromatic carbocycles. The standard InChI is InChI=1S/C26H40O4/c1-16(29)17-7-8-20-24(4)12-9-19-23(2,3)10-6-11-26(19,15-28)21(24)13-22(30)25(20,5)18(17)14-27/h7,14,18-22,28,30H,6,8-13,15H2,1-5H3/t18-,19-,20-,21-,22+,24-,25+,26+/m0/s1. The third-order valence-electron chi connectivity index (χ3n) is 10.7. The highest BCUT2D eigenvalue weighted by Gasteiger charge is 2.69. The molecule has 0 aliphatic heterocycles. The van der Waals surface area contributed by atoms with Gasteiger partial charge in [-0.3, -0.25) is 4.79 Å². The van der Waals surface area contributed by atoms with Crippen LogP contribution in [0.5, 0.6) is 0 Å². The molecule has 4 aliphatic carbocycles. The lowest BCUT2D eigenvalue weighted by molar-refractivity contribution is -0.244. The van der Waals surface area contributed by atoms with Gasteiger partial charge in [0.25, 0.3) is 0 Å². The quantitative estimate of drug-likeness (QED) is 0.672. The van der Waals surface area contributed by atoms with E-state index < -0.39 is 17.4 Å². The molecule has 3 fully saturated rings. The molecule has 0 saturated heterocycles. The highest BCUT2D eigenvalue weighted by atomic mass is 16.3. The summed E-state index contributed by atoms with van der Waals surface area (Å²) in [4.78, 5) is 24.5. The SMILES string of the molecule is CC(=O)C1=CC[C@H]2[C@]3(C)CC[C@H]4C(C)(C)CCC[C@]4(CO)[C@H]3C[C@@H](O)[C@]2(C)[C@H]1C=O. The molecule has 4 heteroatoms. The third kappa shape index (κ3) is 2.65. The summed E-state index contributed by atoms with van der Waals surface area (Å²) < 4.78 is 0. The smallest absolute Gasteiger partial charge is 0.156 e. The maximum absolute atomic E-state index is 12.3. The molecular weight excluding hydrogens is 376 g/mol. The Kier molecular flexibility index (Phi) is 5.18. The van der Waals surface area contributed by atoms with Crippen LogP contribution in [-0.2, 0) is 9.59 Å². The summed E-state index contributed by atoms with van der Waals surface area (Å²) in [6.45, 7) is 10.8. The first-order valence-corrected chi connectivity index (χ1v) is 11.9.